The summed E-state index contributed by atoms with van der Waals surface area (Å²) < 4.78 is 11.0. The maximum atomic E-state index is 12.1. The third-order valence-electron chi connectivity index (χ3n) is 4.77. The molecule has 4 aromatic rings. The number of aryl methyl sites for hydroxylation is 1. The zero-order chi connectivity index (χ0) is 20.4. The van der Waals surface area contributed by atoms with Gasteiger partial charge in [0, 0.05) is 22.4 Å². The summed E-state index contributed by atoms with van der Waals surface area (Å²) in [7, 11) is 0. The van der Waals surface area contributed by atoms with E-state index in [9.17, 15) is 4.79 Å². The second-order valence-corrected chi connectivity index (χ2v) is 7.21. The lowest BCUT2D eigenvalue weighted by Crippen LogP contribution is -2.04. The van der Waals surface area contributed by atoms with Crippen LogP contribution in [-0.2, 0) is 11.2 Å². The lowest BCUT2D eigenvalue weighted by molar-refractivity contribution is 0.0524. The number of nitrogens with zero attached hydrogens (tertiary/aromatic N) is 1. The Kier molecular flexibility index (Phi) is 5.36. The minimum Gasteiger partial charge on any atom is -0.465 e. The largest absolute Gasteiger partial charge is 0.465 e. The molecule has 2 aromatic heterocycles. The normalized spacial score (nSPS) is 11.0. The number of carbonyl (C=O) groups excluding carboxylic acids is 1. The summed E-state index contributed by atoms with van der Waals surface area (Å²) in [5.41, 5.74) is 4.31. The maximum Gasteiger partial charge on any atom is 0.341 e. The van der Waals surface area contributed by atoms with Crippen molar-refractivity contribution in [1.82, 2.24) is 4.98 Å². The molecular formula is C24H20ClNO3. The van der Waals surface area contributed by atoms with E-state index in [4.69, 9.17) is 25.7 Å². The molecule has 0 fully saturated rings. The first-order valence-corrected chi connectivity index (χ1v) is 9.84. The SMILES string of the molecule is CCOC(=O)c1cc(Cc2cc(-c3ccc(Cl)cc3)nc3ccccc23)oc1C. The first-order chi connectivity index (χ1) is 14.0. The maximum absolute atomic E-state index is 12.1. The van der Waals surface area contributed by atoms with E-state index in [2.05, 4.69) is 6.07 Å². The zero-order valence-electron chi connectivity index (χ0n) is 16.2. The smallest absolute Gasteiger partial charge is 0.341 e. The molecule has 0 N–H and O–H groups in total. The van der Waals surface area contributed by atoms with E-state index in [1.54, 1.807) is 19.9 Å². The molecule has 0 amide bonds. The van der Waals surface area contributed by atoms with Crippen molar-refractivity contribution >= 4 is 28.5 Å². The Balaban J connectivity index is 1.76. The minimum atomic E-state index is -0.360. The molecule has 0 spiro atoms. The predicted octanol–water partition coefficient (Wildman–Crippen LogP) is 6.22. The highest BCUT2D eigenvalue weighted by atomic mass is 35.5. The molecule has 0 saturated heterocycles. The Morgan fingerprint density at radius 2 is 1.86 bits per heavy atom. The van der Waals surface area contributed by atoms with Gasteiger partial charge in [-0.1, -0.05) is 41.9 Å². The molecule has 29 heavy (non-hydrogen) atoms. The molecule has 0 saturated carbocycles. The van der Waals surface area contributed by atoms with Crippen molar-refractivity contribution in [1.29, 1.82) is 0 Å². The highest BCUT2D eigenvalue weighted by Gasteiger charge is 2.17. The topological polar surface area (TPSA) is 52.3 Å². The van der Waals surface area contributed by atoms with Crippen LogP contribution in [0.3, 0.4) is 0 Å². The van der Waals surface area contributed by atoms with Crippen LogP contribution < -0.4 is 0 Å². The van der Waals surface area contributed by atoms with Crippen molar-refractivity contribution in [3.8, 4) is 11.3 Å². The van der Waals surface area contributed by atoms with Crippen LogP contribution >= 0.6 is 11.6 Å². The first-order valence-electron chi connectivity index (χ1n) is 9.46. The van der Waals surface area contributed by atoms with E-state index in [0.29, 0.717) is 35.1 Å². The van der Waals surface area contributed by atoms with E-state index in [-0.39, 0.29) is 5.97 Å². The fourth-order valence-electron chi connectivity index (χ4n) is 3.39. The van der Waals surface area contributed by atoms with Crippen molar-refractivity contribution in [2.45, 2.75) is 20.3 Å². The Morgan fingerprint density at radius 3 is 2.62 bits per heavy atom. The summed E-state index contributed by atoms with van der Waals surface area (Å²) in [5.74, 6) is 0.917. The third kappa shape index (κ3) is 4.03. The number of hydrogen-bond donors (Lipinski definition) is 0. The van der Waals surface area contributed by atoms with Crippen LogP contribution in [0.1, 0.15) is 34.4 Å². The number of hydrogen-bond acceptors (Lipinski definition) is 4. The summed E-state index contributed by atoms with van der Waals surface area (Å²) in [4.78, 5) is 16.9. The molecule has 4 rings (SSSR count). The van der Waals surface area contributed by atoms with Crippen LogP contribution in [0.15, 0.2) is 65.1 Å². The predicted molar refractivity (Wildman–Crippen MR) is 114 cm³/mol. The molecule has 0 radical (unpaired) electrons. The lowest BCUT2D eigenvalue weighted by atomic mass is 10.0. The highest BCUT2D eigenvalue weighted by molar-refractivity contribution is 6.30. The average Bonchev–Trinajstić information content (AvgIpc) is 3.09. The number of ether oxygens (including phenoxy) is 1. The average molecular weight is 406 g/mol. The molecular weight excluding hydrogens is 386 g/mol. The van der Waals surface area contributed by atoms with Crippen LogP contribution in [0.2, 0.25) is 5.02 Å². The Morgan fingerprint density at radius 1 is 1.10 bits per heavy atom. The van der Waals surface area contributed by atoms with E-state index >= 15 is 0 Å². The van der Waals surface area contributed by atoms with Gasteiger partial charge in [0.15, 0.2) is 0 Å². The second kappa shape index (κ2) is 8.10. The first kappa shape index (κ1) is 19.2. The van der Waals surface area contributed by atoms with Gasteiger partial charge in [-0.3, -0.25) is 0 Å². The molecule has 0 bridgehead atoms. The van der Waals surface area contributed by atoms with Crippen molar-refractivity contribution in [2.24, 2.45) is 0 Å². The fourth-order valence-corrected chi connectivity index (χ4v) is 3.52. The molecule has 0 aliphatic rings. The standard InChI is InChI=1S/C24H20ClNO3/c1-3-28-24(27)21-14-19(29-15(21)2)12-17-13-23(16-8-10-18(25)11-9-16)26-22-7-5-4-6-20(17)22/h4-11,13-14H,3,12H2,1-2H3. The van der Waals surface area contributed by atoms with Gasteiger partial charge in [0.25, 0.3) is 0 Å². The quantitative estimate of drug-likeness (QED) is 0.369. The van der Waals surface area contributed by atoms with Gasteiger partial charge >= 0.3 is 5.97 Å². The van der Waals surface area contributed by atoms with Gasteiger partial charge in [0.05, 0.1) is 17.8 Å². The summed E-state index contributed by atoms with van der Waals surface area (Å²) in [6.07, 6.45) is 0.546. The summed E-state index contributed by atoms with van der Waals surface area (Å²) in [6, 6.07) is 19.5. The van der Waals surface area contributed by atoms with Gasteiger partial charge in [-0.25, -0.2) is 9.78 Å². The highest BCUT2D eigenvalue weighted by Crippen LogP contribution is 2.28. The Hall–Kier alpha value is -3.11. The Labute approximate surface area is 174 Å². The van der Waals surface area contributed by atoms with Crippen molar-refractivity contribution < 1.29 is 13.9 Å². The number of pyridine rings is 1. The van der Waals surface area contributed by atoms with E-state index in [0.717, 1.165) is 27.7 Å². The number of halogens is 1. The minimum absolute atomic E-state index is 0.332. The van der Waals surface area contributed by atoms with Gasteiger partial charge in [0.1, 0.15) is 17.1 Å². The number of benzene rings is 2. The van der Waals surface area contributed by atoms with Gasteiger partial charge < -0.3 is 9.15 Å². The molecule has 0 aliphatic heterocycles. The van der Waals surface area contributed by atoms with Gasteiger partial charge in [-0.2, -0.15) is 0 Å². The van der Waals surface area contributed by atoms with Gasteiger partial charge in [-0.15, -0.1) is 0 Å². The third-order valence-corrected chi connectivity index (χ3v) is 5.02. The molecule has 2 heterocycles. The van der Waals surface area contributed by atoms with E-state index in [1.165, 1.54) is 0 Å². The number of esters is 1. The summed E-state index contributed by atoms with van der Waals surface area (Å²) >= 11 is 6.03. The number of furan rings is 1. The number of aromatic nitrogens is 1. The molecule has 146 valence electrons. The van der Waals surface area contributed by atoms with Crippen LogP contribution in [-0.4, -0.2) is 17.6 Å². The van der Waals surface area contributed by atoms with Gasteiger partial charge in [-0.05, 0) is 49.7 Å². The molecule has 4 nitrogen and oxygen atoms in total. The van der Waals surface area contributed by atoms with Crippen LogP contribution in [0, 0.1) is 6.92 Å². The Bertz CT molecular complexity index is 1180. The van der Waals surface area contributed by atoms with E-state index < -0.39 is 0 Å². The molecule has 5 heteroatoms. The number of carbonyl (C=O) groups is 1. The number of para-hydroxylation sites is 1. The monoisotopic (exact) mass is 405 g/mol. The van der Waals surface area contributed by atoms with Crippen molar-refractivity contribution in [3.05, 3.63) is 88.3 Å². The fraction of sp³-hybridized carbons (Fsp3) is 0.167. The van der Waals surface area contributed by atoms with Crippen molar-refractivity contribution in [3.63, 3.8) is 0 Å². The number of fused-ring (bicyclic) bond motifs is 1. The summed E-state index contributed by atoms with van der Waals surface area (Å²) in [5, 5.41) is 1.74. The molecule has 0 atom stereocenters. The van der Waals surface area contributed by atoms with Crippen molar-refractivity contribution in [2.75, 3.05) is 6.61 Å². The van der Waals surface area contributed by atoms with Crippen LogP contribution in [0.5, 0.6) is 0 Å². The van der Waals surface area contributed by atoms with Gasteiger partial charge in [0.2, 0.25) is 0 Å². The molecule has 0 unspecified atom stereocenters. The van der Waals surface area contributed by atoms with Crippen LogP contribution in [0.4, 0.5) is 0 Å². The zero-order valence-corrected chi connectivity index (χ0v) is 17.0. The molecule has 0 aliphatic carbocycles. The molecule has 2 aromatic carbocycles. The van der Waals surface area contributed by atoms with Crippen LogP contribution in [0.25, 0.3) is 22.2 Å². The second-order valence-electron chi connectivity index (χ2n) is 6.77. The lowest BCUT2D eigenvalue weighted by Gasteiger charge is -2.09. The van der Waals surface area contributed by atoms with E-state index in [1.807, 2.05) is 48.5 Å². The summed E-state index contributed by atoms with van der Waals surface area (Å²) in [6.45, 7) is 3.90. The number of rotatable bonds is 5.